The molecular weight excluding hydrogens is 312 g/mol. The Morgan fingerprint density at radius 2 is 2.05 bits per heavy atom. The minimum atomic E-state index is -3.76. The van der Waals surface area contributed by atoms with Gasteiger partial charge >= 0.3 is 0 Å². The topological polar surface area (TPSA) is 86.9 Å². The molecule has 0 aliphatic carbocycles. The van der Waals surface area contributed by atoms with Crippen molar-refractivity contribution in [2.75, 3.05) is 11.8 Å². The predicted octanol–water partition coefficient (Wildman–Crippen LogP) is 2.20. The van der Waals surface area contributed by atoms with Crippen molar-refractivity contribution in [3.63, 3.8) is 0 Å². The van der Waals surface area contributed by atoms with Crippen LogP contribution in [0.5, 0.6) is 0 Å². The molecule has 0 fully saturated rings. The highest BCUT2D eigenvalue weighted by atomic mass is 35.5. The number of halogens is 1. The zero-order valence-corrected chi connectivity index (χ0v) is 13.6. The molecule has 2 rings (SSSR count). The first-order valence-electron chi connectivity index (χ1n) is 6.32. The van der Waals surface area contributed by atoms with Gasteiger partial charge in [-0.2, -0.15) is 5.10 Å². The summed E-state index contributed by atoms with van der Waals surface area (Å²) in [4.78, 5) is 0.148. The summed E-state index contributed by atoms with van der Waals surface area (Å²) in [5.41, 5.74) is 2.19. The van der Waals surface area contributed by atoms with Crippen molar-refractivity contribution in [3.8, 4) is 0 Å². The van der Waals surface area contributed by atoms with Crippen molar-refractivity contribution < 1.29 is 8.42 Å². The Labute approximate surface area is 129 Å². The second-order valence-corrected chi connectivity index (χ2v) is 6.77. The summed E-state index contributed by atoms with van der Waals surface area (Å²) in [5.74, 6) is 0. The van der Waals surface area contributed by atoms with Gasteiger partial charge in [-0.1, -0.05) is 17.7 Å². The number of aryl methyl sites for hydroxylation is 2. The third kappa shape index (κ3) is 3.37. The predicted molar refractivity (Wildman–Crippen MR) is 83.1 cm³/mol. The van der Waals surface area contributed by atoms with E-state index in [1.165, 1.54) is 0 Å². The fourth-order valence-electron chi connectivity index (χ4n) is 2.03. The van der Waals surface area contributed by atoms with Gasteiger partial charge in [0.2, 0.25) is 0 Å². The first kappa shape index (κ1) is 15.8. The molecule has 8 heteroatoms. The Morgan fingerprint density at radius 1 is 1.33 bits per heavy atom. The normalized spacial score (nSPS) is 11.6. The number of aromatic amines is 1. The monoisotopic (exact) mass is 328 g/mol. The maximum Gasteiger partial charge on any atom is 0.265 e. The van der Waals surface area contributed by atoms with Crippen LogP contribution >= 0.6 is 11.6 Å². The summed E-state index contributed by atoms with van der Waals surface area (Å²) >= 11 is 6.04. The van der Waals surface area contributed by atoms with E-state index in [4.69, 9.17) is 11.6 Å². The molecule has 0 bridgehead atoms. The highest BCUT2D eigenvalue weighted by Gasteiger charge is 2.24. The number of aromatic nitrogens is 2. The lowest BCUT2D eigenvalue weighted by Crippen LogP contribution is -2.17. The molecule has 114 valence electrons. The number of sulfonamides is 1. The molecule has 0 unspecified atom stereocenters. The maximum atomic E-state index is 12.6. The van der Waals surface area contributed by atoms with E-state index in [0.29, 0.717) is 28.6 Å². The lowest BCUT2D eigenvalue weighted by Gasteiger charge is -2.11. The van der Waals surface area contributed by atoms with Crippen LogP contribution in [0.4, 0.5) is 5.69 Å². The molecule has 1 heterocycles. The second-order valence-electron chi connectivity index (χ2n) is 4.74. The zero-order valence-electron chi connectivity index (χ0n) is 12.0. The van der Waals surface area contributed by atoms with Crippen LogP contribution in [-0.2, 0) is 16.6 Å². The van der Waals surface area contributed by atoms with Gasteiger partial charge in [0.05, 0.1) is 22.1 Å². The van der Waals surface area contributed by atoms with E-state index in [1.54, 1.807) is 26.1 Å². The molecule has 21 heavy (non-hydrogen) atoms. The molecule has 3 N–H and O–H groups in total. The van der Waals surface area contributed by atoms with Crippen molar-refractivity contribution in [1.29, 1.82) is 0 Å². The van der Waals surface area contributed by atoms with Crippen LogP contribution in [0.25, 0.3) is 0 Å². The van der Waals surface area contributed by atoms with Crippen molar-refractivity contribution in [2.45, 2.75) is 25.3 Å². The Balaban J connectivity index is 2.43. The Morgan fingerprint density at radius 3 is 2.71 bits per heavy atom. The Bertz CT molecular complexity index is 756. The molecule has 0 spiro atoms. The summed E-state index contributed by atoms with van der Waals surface area (Å²) in [6.45, 7) is 3.88. The SMILES string of the molecule is CNCc1n[nH]c(C)c1S(=O)(=O)Nc1cc(C)ccc1Cl. The standard InChI is InChI=1S/C13H17ClN4O2S/c1-8-4-5-10(14)11(6-8)18-21(19,20)13-9(2)16-17-12(13)7-15-3/h4-6,15,18H,7H2,1-3H3,(H,16,17). The number of H-pyrrole nitrogens is 1. The number of nitrogens with zero attached hydrogens (tertiary/aromatic N) is 1. The van der Waals surface area contributed by atoms with Gasteiger partial charge in [-0.3, -0.25) is 9.82 Å². The third-order valence-corrected chi connectivity index (χ3v) is 4.84. The number of hydrogen-bond donors (Lipinski definition) is 3. The minimum Gasteiger partial charge on any atom is -0.314 e. The summed E-state index contributed by atoms with van der Waals surface area (Å²) in [6.07, 6.45) is 0. The number of hydrogen-bond acceptors (Lipinski definition) is 4. The van der Waals surface area contributed by atoms with E-state index >= 15 is 0 Å². The molecule has 0 amide bonds. The number of nitrogens with one attached hydrogen (secondary N) is 3. The van der Waals surface area contributed by atoms with Gasteiger partial charge in [0.25, 0.3) is 10.0 Å². The van der Waals surface area contributed by atoms with Crippen molar-refractivity contribution >= 4 is 27.3 Å². The smallest absolute Gasteiger partial charge is 0.265 e. The van der Waals surface area contributed by atoms with Crippen LogP contribution in [0.15, 0.2) is 23.1 Å². The van der Waals surface area contributed by atoms with Gasteiger partial charge in [0.1, 0.15) is 4.90 Å². The highest BCUT2D eigenvalue weighted by molar-refractivity contribution is 7.92. The molecular formula is C13H17ClN4O2S. The fourth-order valence-corrected chi connectivity index (χ4v) is 3.68. The third-order valence-electron chi connectivity index (χ3n) is 2.94. The lowest BCUT2D eigenvalue weighted by atomic mass is 10.2. The van der Waals surface area contributed by atoms with Crippen LogP contribution < -0.4 is 10.0 Å². The number of rotatable bonds is 5. The van der Waals surface area contributed by atoms with Gasteiger partial charge < -0.3 is 5.32 Å². The highest BCUT2D eigenvalue weighted by Crippen LogP contribution is 2.27. The Kier molecular flexibility index (Phi) is 4.55. The second kappa shape index (κ2) is 6.05. The molecule has 0 aliphatic rings. The molecule has 2 aromatic rings. The molecule has 1 aromatic carbocycles. The summed E-state index contributed by atoms with van der Waals surface area (Å²) in [6, 6.07) is 5.16. The fraction of sp³-hybridized carbons (Fsp3) is 0.308. The average molecular weight is 329 g/mol. The summed E-state index contributed by atoms with van der Waals surface area (Å²) in [5, 5.41) is 9.95. The molecule has 0 aliphatic heterocycles. The molecule has 0 saturated carbocycles. The first-order chi connectivity index (χ1) is 9.85. The van der Waals surface area contributed by atoms with E-state index in [1.807, 2.05) is 13.0 Å². The summed E-state index contributed by atoms with van der Waals surface area (Å²) < 4.78 is 27.7. The van der Waals surface area contributed by atoms with Crippen LogP contribution in [0.3, 0.4) is 0 Å². The van der Waals surface area contributed by atoms with Gasteiger partial charge in [-0.15, -0.1) is 0 Å². The van der Waals surface area contributed by atoms with E-state index in [2.05, 4.69) is 20.2 Å². The average Bonchev–Trinajstić information content (AvgIpc) is 2.76. The first-order valence-corrected chi connectivity index (χ1v) is 8.18. The van der Waals surface area contributed by atoms with E-state index in [9.17, 15) is 8.42 Å². The van der Waals surface area contributed by atoms with Crippen molar-refractivity contribution in [2.24, 2.45) is 0 Å². The summed E-state index contributed by atoms with van der Waals surface area (Å²) in [7, 11) is -2.03. The molecule has 6 nitrogen and oxygen atoms in total. The Hall–Kier alpha value is -1.57. The molecule has 1 aromatic heterocycles. The van der Waals surface area contributed by atoms with E-state index in [0.717, 1.165) is 5.56 Å². The van der Waals surface area contributed by atoms with Crippen LogP contribution in [-0.4, -0.2) is 25.7 Å². The number of benzene rings is 1. The molecule has 0 saturated heterocycles. The van der Waals surface area contributed by atoms with Gasteiger partial charge in [-0.05, 0) is 38.6 Å². The zero-order chi connectivity index (χ0) is 15.6. The number of anilines is 1. The molecule has 0 radical (unpaired) electrons. The molecule has 0 atom stereocenters. The van der Waals surface area contributed by atoms with Crippen LogP contribution in [0.2, 0.25) is 5.02 Å². The van der Waals surface area contributed by atoms with Gasteiger partial charge in [-0.25, -0.2) is 8.42 Å². The van der Waals surface area contributed by atoms with Gasteiger partial charge in [0.15, 0.2) is 0 Å². The van der Waals surface area contributed by atoms with E-state index < -0.39 is 10.0 Å². The minimum absolute atomic E-state index is 0.148. The quantitative estimate of drug-likeness (QED) is 0.785. The van der Waals surface area contributed by atoms with Crippen LogP contribution in [0.1, 0.15) is 17.0 Å². The lowest BCUT2D eigenvalue weighted by molar-refractivity contribution is 0.598. The van der Waals surface area contributed by atoms with Crippen molar-refractivity contribution in [3.05, 3.63) is 40.2 Å². The van der Waals surface area contributed by atoms with E-state index in [-0.39, 0.29) is 4.90 Å². The van der Waals surface area contributed by atoms with Crippen molar-refractivity contribution in [1.82, 2.24) is 15.5 Å². The maximum absolute atomic E-state index is 12.6. The van der Waals surface area contributed by atoms with Crippen LogP contribution in [0, 0.1) is 13.8 Å². The van der Waals surface area contributed by atoms with Gasteiger partial charge in [0, 0.05) is 6.54 Å². The largest absolute Gasteiger partial charge is 0.314 e.